The molecule has 0 amide bonds. The molecule has 2 rings (SSSR count). The van der Waals surface area contributed by atoms with Gasteiger partial charge in [0.25, 0.3) is 0 Å². The van der Waals surface area contributed by atoms with E-state index in [2.05, 4.69) is 27.3 Å². The Kier molecular flexibility index (Phi) is 3.51. The average Bonchev–Trinajstić information content (AvgIpc) is 2.87. The van der Waals surface area contributed by atoms with Gasteiger partial charge in [0, 0.05) is 27.6 Å². The van der Waals surface area contributed by atoms with Gasteiger partial charge >= 0.3 is 0 Å². The van der Waals surface area contributed by atoms with Gasteiger partial charge in [-0.25, -0.2) is 0 Å². The van der Waals surface area contributed by atoms with E-state index in [-0.39, 0.29) is 5.25 Å². The maximum Gasteiger partial charge on any atom is 0.111 e. The number of nitrogens with one attached hydrogen (secondary N) is 6. The third-order valence-corrected chi connectivity index (χ3v) is 6.01. The fraction of sp³-hybridized carbons (Fsp3) is 0.455. The normalized spacial score (nSPS) is 29.2. The standard InChI is InChI=1S/C11H20N6S/c1-14-6-4-9(15-2)18(11(6)16-3)7-5-8(12)17-10(7)13/h4,7,14-16,18H,5H2,1-3H3,(H3,12,13,17). The predicted octanol–water partition coefficient (Wildman–Crippen LogP) is -0.0137. The van der Waals surface area contributed by atoms with Crippen LogP contribution >= 0.6 is 10.9 Å². The van der Waals surface area contributed by atoms with Gasteiger partial charge in [-0.2, -0.15) is 10.9 Å². The van der Waals surface area contributed by atoms with Gasteiger partial charge in [-0.3, -0.25) is 10.8 Å². The highest BCUT2D eigenvalue weighted by atomic mass is 32.2. The first-order chi connectivity index (χ1) is 8.62. The van der Waals surface area contributed by atoms with Gasteiger partial charge in [0.05, 0.1) is 21.0 Å². The summed E-state index contributed by atoms with van der Waals surface area (Å²) >= 11 is 0. The molecule has 7 heteroatoms. The lowest BCUT2D eigenvalue weighted by molar-refractivity contribution is 0.963. The first-order valence-electron chi connectivity index (χ1n) is 5.83. The van der Waals surface area contributed by atoms with E-state index in [0.29, 0.717) is 18.1 Å². The zero-order valence-electron chi connectivity index (χ0n) is 10.8. The first-order valence-corrected chi connectivity index (χ1v) is 7.24. The Morgan fingerprint density at radius 2 is 1.94 bits per heavy atom. The molecule has 2 atom stereocenters. The van der Waals surface area contributed by atoms with Crippen molar-refractivity contribution in [3.8, 4) is 0 Å². The van der Waals surface area contributed by atoms with Gasteiger partial charge < -0.3 is 21.3 Å². The van der Waals surface area contributed by atoms with E-state index < -0.39 is 10.9 Å². The molecule has 1 fully saturated rings. The number of thiol groups is 1. The molecule has 2 unspecified atom stereocenters. The van der Waals surface area contributed by atoms with Crippen LogP contribution in [0.25, 0.3) is 0 Å². The monoisotopic (exact) mass is 268 g/mol. The van der Waals surface area contributed by atoms with Crippen LogP contribution in [0.1, 0.15) is 6.42 Å². The Bertz CT molecular complexity index is 452. The lowest BCUT2D eigenvalue weighted by Crippen LogP contribution is -2.27. The van der Waals surface area contributed by atoms with E-state index in [0.717, 1.165) is 15.8 Å². The van der Waals surface area contributed by atoms with Crippen LogP contribution < -0.4 is 21.3 Å². The number of amidine groups is 2. The first kappa shape index (κ1) is 12.8. The highest BCUT2D eigenvalue weighted by Crippen LogP contribution is 2.52. The van der Waals surface area contributed by atoms with Crippen LogP contribution in [0.4, 0.5) is 0 Å². The number of hydrogen-bond acceptors (Lipinski definition) is 5. The quantitative estimate of drug-likeness (QED) is 0.365. The Morgan fingerprint density at radius 3 is 2.39 bits per heavy atom. The second-order valence-corrected chi connectivity index (χ2v) is 6.44. The molecule has 1 saturated heterocycles. The van der Waals surface area contributed by atoms with Crippen LogP contribution in [0.5, 0.6) is 0 Å². The van der Waals surface area contributed by atoms with E-state index in [1.807, 2.05) is 21.1 Å². The lowest BCUT2D eigenvalue weighted by Gasteiger charge is -2.28. The fourth-order valence-corrected chi connectivity index (χ4v) is 5.06. The molecular formula is C11H20N6S. The minimum absolute atomic E-state index is 0.0690. The largest absolute Gasteiger partial charge is 0.386 e. The molecule has 2 aliphatic rings. The number of hydrogen-bond donors (Lipinski definition) is 7. The Morgan fingerprint density at radius 1 is 1.22 bits per heavy atom. The molecule has 0 radical (unpaired) electrons. The van der Waals surface area contributed by atoms with E-state index in [1.54, 1.807) is 0 Å². The third-order valence-electron chi connectivity index (χ3n) is 3.13. The van der Waals surface area contributed by atoms with Gasteiger partial charge in [-0.15, -0.1) is 0 Å². The number of rotatable bonds is 4. The maximum absolute atomic E-state index is 7.99. The van der Waals surface area contributed by atoms with Crippen molar-refractivity contribution in [3.05, 3.63) is 21.8 Å². The zero-order valence-corrected chi connectivity index (χ0v) is 11.7. The summed E-state index contributed by atoms with van der Waals surface area (Å²) in [4.78, 5) is 0. The zero-order chi connectivity index (χ0) is 13.3. The molecule has 0 aromatic rings. The Hall–Kier alpha value is -1.63. The smallest absolute Gasteiger partial charge is 0.111 e. The van der Waals surface area contributed by atoms with Crippen LogP contribution in [-0.2, 0) is 0 Å². The van der Waals surface area contributed by atoms with Crippen molar-refractivity contribution in [1.29, 1.82) is 10.8 Å². The Labute approximate surface area is 110 Å². The summed E-state index contributed by atoms with van der Waals surface area (Å²) < 4.78 is 0. The molecule has 2 heterocycles. The minimum atomic E-state index is -0.656. The summed E-state index contributed by atoms with van der Waals surface area (Å²) in [6.07, 6.45) is 2.71. The maximum atomic E-state index is 7.99. The van der Waals surface area contributed by atoms with Crippen molar-refractivity contribution in [3.63, 3.8) is 0 Å². The van der Waals surface area contributed by atoms with Crippen LogP contribution in [0.3, 0.4) is 0 Å². The van der Waals surface area contributed by atoms with Gasteiger partial charge in [0.15, 0.2) is 0 Å². The summed E-state index contributed by atoms with van der Waals surface area (Å²) in [6.45, 7) is 0. The van der Waals surface area contributed by atoms with Crippen molar-refractivity contribution < 1.29 is 0 Å². The third kappa shape index (κ3) is 1.94. The van der Waals surface area contributed by atoms with E-state index >= 15 is 0 Å². The number of allylic oxidation sites excluding steroid dienone is 1. The van der Waals surface area contributed by atoms with Gasteiger partial charge in [0.2, 0.25) is 0 Å². The van der Waals surface area contributed by atoms with Crippen LogP contribution in [0.15, 0.2) is 21.8 Å². The van der Waals surface area contributed by atoms with Gasteiger partial charge in [-0.05, 0) is 6.08 Å². The summed E-state index contributed by atoms with van der Waals surface area (Å²) in [5.74, 6) is 0.897. The molecule has 18 heavy (non-hydrogen) atoms. The van der Waals surface area contributed by atoms with E-state index in [9.17, 15) is 0 Å². The van der Waals surface area contributed by atoms with Gasteiger partial charge in [-0.1, -0.05) is 0 Å². The van der Waals surface area contributed by atoms with Crippen molar-refractivity contribution in [2.75, 3.05) is 21.1 Å². The van der Waals surface area contributed by atoms with Crippen LogP contribution in [-0.4, -0.2) is 38.1 Å². The van der Waals surface area contributed by atoms with E-state index in [4.69, 9.17) is 10.8 Å². The highest BCUT2D eigenvalue weighted by Gasteiger charge is 2.37. The summed E-state index contributed by atoms with van der Waals surface area (Å²) in [6, 6.07) is 0. The predicted molar refractivity (Wildman–Crippen MR) is 78.3 cm³/mol. The second-order valence-electron chi connectivity index (χ2n) is 4.15. The SMILES string of the molecule is CNC1=CC(NC)=C(NC)[SH]1C1CC(=N)NC1=N. The average molecular weight is 268 g/mol. The summed E-state index contributed by atoms with van der Waals surface area (Å²) in [7, 11) is 5.06. The van der Waals surface area contributed by atoms with E-state index in [1.165, 1.54) is 0 Å². The van der Waals surface area contributed by atoms with Crippen molar-refractivity contribution in [2.45, 2.75) is 11.7 Å². The van der Waals surface area contributed by atoms with Crippen molar-refractivity contribution in [1.82, 2.24) is 21.3 Å². The van der Waals surface area contributed by atoms with Crippen molar-refractivity contribution >= 4 is 22.6 Å². The molecular weight excluding hydrogens is 248 g/mol. The molecule has 0 spiro atoms. The van der Waals surface area contributed by atoms with Gasteiger partial charge in [0.1, 0.15) is 11.7 Å². The molecule has 6 N–H and O–H groups in total. The molecule has 6 nitrogen and oxygen atoms in total. The van der Waals surface area contributed by atoms with Crippen LogP contribution in [0, 0.1) is 10.8 Å². The van der Waals surface area contributed by atoms with Crippen LogP contribution in [0.2, 0.25) is 0 Å². The summed E-state index contributed by atoms with van der Waals surface area (Å²) in [5.41, 5.74) is 1.07. The summed E-state index contributed by atoms with van der Waals surface area (Å²) in [5, 5.41) is 30.5. The molecule has 0 bridgehead atoms. The minimum Gasteiger partial charge on any atom is -0.386 e. The number of likely N-dealkylation sites (N-methyl/N-ethyl adjacent to an activating group) is 1. The lowest BCUT2D eigenvalue weighted by atomic mass is 10.3. The molecule has 0 aromatic heterocycles. The second kappa shape index (κ2) is 4.93. The molecule has 2 aliphatic heterocycles. The topological polar surface area (TPSA) is 95.8 Å². The van der Waals surface area contributed by atoms with Crippen molar-refractivity contribution in [2.24, 2.45) is 0 Å². The molecule has 100 valence electrons. The Balaban J connectivity index is 2.35. The molecule has 0 saturated carbocycles. The molecule has 0 aliphatic carbocycles. The fourth-order valence-electron chi connectivity index (χ4n) is 2.30. The molecule has 0 aromatic carbocycles. The highest BCUT2D eigenvalue weighted by molar-refractivity contribution is 8.24.